The highest BCUT2D eigenvalue weighted by Gasteiger charge is 2.26. The first kappa shape index (κ1) is 32.8. The summed E-state index contributed by atoms with van der Waals surface area (Å²) >= 11 is 1.87. The number of rotatable bonds is 6. The molecule has 0 N–H and O–H groups in total. The highest BCUT2D eigenvalue weighted by Crippen LogP contribution is 2.51. The molecule has 0 unspecified atom stereocenters. The van der Waals surface area contributed by atoms with Crippen molar-refractivity contribution >= 4 is 92.3 Å². The highest BCUT2D eigenvalue weighted by molar-refractivity contribution is 7.26. The topological polar surface area (TPSA) is 21.3 Å². The molecule has 0 radical (unpaired) electrons. The van der Waals surface area contributed by atoms with E-state index in [0.717, 1.165) is 44.7 Å². The van der Waals surface area contributed by atoms with Crippen molar-refractivity contribution < 1.29 is 4.42 Å². The summed E-state index contributed by atoms with van der Waals surface area (Å²) in [5.41, 5.74) is 13.0. The molecule has 4 heteroatoms. The lowest BCUT2D eigenvalue weighted by Gasteiger charge is -2.29. The quantitative estimate of drug-likeness (QED) is 0.168. The molecular weight excluding hydrogens is 725 g/mol. The number of para-hydroxylation sites is 4. The molecule has 12 rings (SSSR count). The maximum absolute atomic E-state index is 6.81. The van der Waals surface area contributed by atoms with Crippen LogP contribution in [0.1, 0.15) is 0 Å². The minimum absolute atomic E-state index is 0.853. The first-order valence-electron chi connectivity index (χ1n) is 19.7. The summed E-state index contributed by atoms with van der Waals surface area (Å²) < 4.78 is 11.8. The molecule has 0 atom stereocenters. The SMILES string of the molecule is c1ccc(-c2cccc(N(c3ccc(-n4c5ccccc5c5ccccc54)cc3)c3cccc4c3oc3ccccc34)c2-c2cccc3c2sc2ccccc23)cc1. The van der Waals surface area contributed by atoms with Gasteiger partial charge in [0.2, 0.25) is 0 Å². The summed E-state index contributed by atoms with van der Waals surface area (Å²) in [5.74, 6) is 0. The molecule has 0 spiro atoms. The van der Waals surface area contributed by atoms with Crippen LogP contribution in [0.3, 0.4) is 0 Å². The third kappa shape index (κ3) is 4.99. The third-order valence-electron chi connectivity index (χ3n) is 11.6. The van der Waals surface area contributed by atoms with E-state index in [2.05, 4.69) is 210 Å². The molecule has 58 heavy (non-hydrogen) atoms. The van der Waals surface area contributed by atoms with Crippen molar-refractivity contribution in [1.82, 2.24) is 4.57 Å². The van der Waals surface area contributed by atoms with Gasteiger partial charge < -0.3 is 13.9 Å². The molecule has 0 saturated carbocycles. The Kier molecular flexibility index (Phi) is 7.40. The molecule has 0 bridgehead atoms. The standard InChI is InChI=1S/C54H34N2OS/c1-2-15-35(16-3-1)38-21-13-27-48(52(38)45-24-12-23-44-42-20-7-11-30-51(42)58-54(44)45)56(49-28-14-22-43-41-19-6-10-29-50(41)57-53(43)49)37-33-31-36(32-34-37)55-46-25-8-4-17-39(46)40-18-5-9-26-47(40)55/h1-34H. The van der Waals surface area contributed by atoms with Crippen molar-refractivity contribution in [3.63, 3.8) is 0 Å². The van der Waals surface area contributed by atoms with Crippen molar-refractivity contribution in [1.29, 1.82) is 0 Å². The number of benzene rings is 9. The van der Waals surface area contributed by atoms with Crippen LogP contribution in [0, 0.1) is 0 Å². The zero-order valence-corrected chi connectivity index (χ0v) is 32.2. The Bertz CT molecular complexity index is 3460. The minimum atomic E-state index is 0.853. The van der Waals surface area contributed by atoms with Crippen LogP contribution in [0.15, 0.2) is 211 Å². The van der Waals surface area contributed by atoms with E-state index in [9.17, 15) is 0 Å². The second-order valence-corrected chi connectivity index (χ2v) is 15.9. The summed E-state index contributed by atoms with van der Waals surface area (Å²) in [4.78, 5) is 2.41. The average Bonchev–Trinajstić information content (AvgIpc) is 3.97. The van der Waals surface area contributed by atoms with Crippen molar-refractivity contribution in [3.8, 4) is 27.9 Å². The molecule has 12 aromatic rings. The number of nitrogens with zero attached hydrogens (tertiary/aromatic N) is 2. The molecule has 9 aromatic carbocycles. The first-order chi connectivity index (χ1) is 28.8. The maximum atomic E-state index is 6.81. The number of anilines is 3. The van der Waals surface area contributed by atoms with Crippen molar-refractivity contribution in [2.24, 2.45) is 0 Å². The predicted octanol–water partition coefficient (Wildman–Crippen LogP) is 15.9. The van der Waals surface area contributed by atoms with Gasteiger partial charge in [0.05, 0.1) is 22.4 Å². The van der Waals surface area contributed by atoms with Gasteiger partial charge in [-0.25, -0.2) is 0 Å². The van der Waals surface area contributed by atoms with E-state index in [0.29, 0.717) is 0 Å². The van der Waals surface area contributed by atoms with Gasteiger partial charge in [-0.15, -0.1) is 11.3 Å². The monoisotopic (exact) mass is 758 g/mol. The second kappa shape index (κ2) is 13.1. The lowest BCUT2D eigenvalue weighted by atomic mass is 9.91. The van der Waals surface area contributed by atoms with Gasteiger partial charge in [-0.1, -0.05) is 146 Å². The van der Waals surface area contributed by atoms with Gasteiger partial charge in [0.25, 0.3) is 0 Å². The summed E-state index contributed by atoms with van der Waals surface area (Å²) in [6.45, 7) is 0. The second-order valence-electron chi connectivity index (χ2n) is 14.8. The van der Waals surface area contributed by atoms with Gasteiger partial charge in [0, 0.05) is 64.2 Å². The van der Waals surface area contributed by atoms with Gasteiger partial charge in [0.15, 0.2) is 5.58 Å². The number of fused-ring (bicyclic) bond motifs is 9. The van der Waals surface area contributed by atoms with Crippen molar-refractivity contribution in [3.05, 3.63) is 206 Å². The number of thiophene rings is 1. The van der Waals surface area contributed by atoms with Gasteiger partial charge in [0.1, 0.15) is 5.58 Å². The lowest BCUT2D eigenvalue weighted by molar-refractivity contribution is 0.669. The molecular formula is C54H34N2OS. The Labute approximate surface area is 338 Å². The average molecular weight is 759 g/mol. The Balaban J connectivity index is 1.15. The molecule has 3 nitrogen and oxygen atoms in total. The van der Waals surface area contributed by atoms with Crippen LogP contribution >= 0.6 is 11.3 Å². The fourth-order valence-electron chi connectivity index (χ4n) is 9.08. The highest BCUT2D eigenvalue weighted by atomic mass is 32.1. The molecule has 0 saturated heterocycles. The van der Waals surface area contributed by atoms with Crippen LogP contribution in [-0.2, 0) is 0 Å². The Morgan fingerprint density at radius 1 is 0.414 bits per heavy atom. The third-order valence-corrected chi connectivity index (χ3v) is 12.8. The number of aromatic nitrogens is 1. The molecule has 0 aliphatic carbocycles. The maximum Gasteiger partial charge on any atom is 0.159 e. The molecule has 0 fully saturated rings. The van der Waals surface area contributed by atoms with Crippen LogP contribution in [0.2, 0.25) is 0 Å². The molecule has 3 aromatic heterocycles. The van der Waals surface area contributed by atoms with E-state index in [1.165, 1.54) is 64.2 Å². The fourth-order valence-corrected chi connectivity index (χ4v) is 10.3. The van der Waals surface area contributed by atoms with E-state index < -0.39 is 0 Å². The number of hydrogen-bond donors (Lipinski definition) is 0. The summed E-state index contributed by atoms with van der Waals surface area (Å²) in [5, 5.41) is 7.25. The van der Waals surface area contributed by atoms with Crippen molar-refractivity contribution in [2.75, 3.05) is 4.90 Å². The molecule has 3 heterocycles. The normalized spacial score (nSPS) is 11.8. The van der Waals surface area contributed by atoms with E-state index in [1.54, 1.807) is 0 Å². The van der Waals surface area contributed by atoms with Crippen LogP contribution in [0.4, 0.5) is 17.1 Å². The zero-order chi connectivity index (χ0) is 38.2. The lowest BCUT2D eigenvalue weighted by Crippen LogP contribution is -2.12. The minimum Gasteiger partial charge on any atom is -0.454 e. The van der Waals surface area contributed by atoms with Crippen LogP contribution in [0.5, 0.6) is 0 Å². The Hall–Kier alpha value is -7.40. The predicted molar refractivity (Wildman–Crippen MR) is 247 cm³/mol. The van der Waals surface area contributed by atoms with Gasteiger partial charge in [-0.2, -0.15) is 0 Å². The van der Waals surface area contributed by atoms with E-state index in [-0.39, 0.29) is 0 Å². The molecule has 0 aliphatic heterocycles. The van der Waals surface area contributed by atoms with E-state index in [4.69, 9.17) is 4.42 Å². The van der Waals surface area contributed by atoms with Crippen molar-refractivity contribution in [2.45, 2.75) is 0 Å². The van der Waals surface area contributed by atoms with Crippen LogP contribution in [0.25, 0.3) is 91.9 Å². The summed E-state index contributed by atoms with van der Waals surface area (Å²) in [6, 6.07) is 74.4. The Morgan fingerprint density at radius 3 is 1.79 bits per heavy atom. The molecule has 0 aliphatic rings. The number of furan rings is 1. The van der Waals surface area contributed by atoms with Crippen LogP contribution in [-0.4, -0.2) is 4.57 Å². The van der Waals surface area contributed by atoms with E-state index in [1.807, 2.05) is 17.4 Å². The zero-order valence-electron chi connectivity index (χ0n) is 31.3. The molecule has 0 amide bonds. The smallest absolute Gasteiger partial charge is 0.159 e. The van der Waals surface area contributed by atoms with E-state index >= 15 is 0 Å². The van der Waals surface area contributed by atoms with Gasteiger partial charge in [-0.3, -0.25) is 0 Å². The summed E-state index contributed by atoms with van der Waals surface area (Å²) in [6.07, 6.45) is 0. The van der Waals surface area contributed by atoms with Gasteiger partial charge in [-0.05, 0) is 71.8 Å². The van der Waals surface area contributed by atoms with Crippen LogP contribution < -0.4 is 4.90 Å². The number of hydrogen-bond acceptors (Lipinski definition) is 3. The first-order valence-corrected chi connectivity index (χ1v) is 20.5. The van der Waals surface area contributed by atoms with Gasteiger partial charge >= 0.3 is 0 Å². The summed E-state index contributed by atoms with van der Waals surface area (Å²) in [7, 11) is 0. The largest absolute Gasteiger partial charge is 0.454 e. The molecule has 272 valence electrons. The fraction of sp³-hybridized carbons (Fsp3) is 0. The Morgan fingerprint density at radius 2 is 1.00 bits per heavy atom.